The summed E-state index contributed by atoms with van der Waals surface area (Å²) in [6.07, 6.45) is 1.73. The van der Waals surface area contributed by atoms with E-state index in [-0.39, 0.29) is 6.61 Å². The lowest BCUT2D eigenvalue weighted by Crippen LogP contribution is -1.99. The quantitative estimate of drug-likeness (QED) is 0.336. The predicted octanol–water partition coefficient (Wildman–Crippen LogP) is 0.998. The van der Waals surface area contributed by atoms with E-state index in [1.54, 1.807) is 0 Å². The lowest BCUT2D eigenvalue weighted by molar-refractivity contribution is -0.754. The number of unbranched alkanes of at least 4 members (excludes halogenated alkanes) is 1. The SMILES string of the molecule is CCCC#CCO[N+](=O)[O-]. The summed E-state index contributed by atoms with van der Waals surface area (Å²) in [5.41, 5.74) is 0. The minimum atomic E-state index is -0.847. The lowest BCUT2D eigenvalue weighted by Gasteiger charge is -1.85. The maximum Gasteiger partial charge on any atom is 0.295 e. The molecule has 0 aromatic carbocycles. The van der Waals surface area contributed by atoms with Gasteiger partial charge in [0.1, 0.15) is 0 Å². The minimum absolute atomic E-state index is 0.118. The highest BCUT2D eigenvalue weighted by Gasteiger charge is 1.87. The van der Waals surface area contributed by atoms with Crippen molar-refractivity contribution in [3.8, 4) is 11.8 Å². The van der Waals surface area contributed by atoms with Crippen LogP contribution < -0.4 is 0 Å². The Morgan fingerprint density at radius 3 is 2.80 bits per heavy atom. The zero-order valence-electron chi connectivity index (χ0n) is 5.79. The van der Waals surface area contributed by atoms with E-state index in [0.29, 0.717) is 0 Å². The second-order valence-corrected chi connectivity index (χ2v) is 1.60. The molecule has 4 heteroatoms. The van der Waals surface area contributed by atoms with Crippen LogP contribution >= 0.6 is 0 Å². The van der Waals surface area contributed by atoms with Gasteiger partial charge in [-0.1, -0.05) is 12.8 Å². The molecule has 0 fully saturated rings. The van der Waals surface area contributed by atoms with Gasteiger partial charge in [-0.2, -0.15) is 0 Å². The highest BCUT2D eigenvalue weighted by Crippen LogP contribution is 1.80. The zero-order chi connectivity index (χ0) is 7.82. The van der Waals surface area contributed by atoms with Crippen molar-refractivity contribution in [3.05, 3.63) is 10.1 Å². The first kappa shape index (κ1) is 8.76. The summed E-state index contributed by atoms with van der Waals surface area (Å²) in [5.74, 6) is 5.21. The van der Waals surface area contributed by atoms with Crippen molar-refractivity contribution >= 4 is 0 Å². The molecule has 0 aliphatic rings. The number of rotatable bonds is 3. The van der Waals surface area contributed by atoms with Gasteiger partial charge in [-0.25, -0.2) is 0 Å². The van der Waals surface area contributed by atoms with E-state index in [2.05, 4.69) is 16.7 Å². The van der Waals surface area contributed by atoms with E-state index >= 15 is 0 Å². The predicted molar refractivity (Wildman–Crippen MR) is 35.6 cm³/mol. The monoisotopic (exact) mass is 143 g/mol. The van der Waals surface area contributed by atoms with E-state index in [9.17, 15) is 10.1 Å². The van der Waals surface area contributed by atoms with E-state index in [1.165, 1.54) is 0 Å². The average Bonchev–Trinajstić information content (AvgIpc) is 1.87. The largest absolute Gasteiger partial charge is 0.301 e. The van der Waals surface area contributed by atoms with E-state index in [0.717, 1.165) is 12.8 Å². The molecule has 0 aliphatic carbocycles. The van der Waals surface area contributed by atoms with Gasteiger partial charge in [0.2, 0.25) is 0 Å². The second-order valence-electron chi connectivity index (χ2n) is 1.60. The van der Waals surface area contributed by atoms with Crippen LogP contribution in [0, 0.1) is 22.0 Å². The van der Waals surface area contributed by atoms with Gasteiger partial charge in [0.15, 0.2) is 6.61 Å². The fraction of sp³-hybridized carbons (Fsp3) is 0.667. The van der Waals surface area contributed by atoms with Crippen molar-refractivity contribution < 1.29 is 9.92 Å². The van der Waals surface area contributed by atoms with Crippen molar-refractivity contribution in [2.45, 2.75) is 19.8 Å². The molecular formula is C6H9NO3. The Labute approximate surface area is 59.3 Å². The van der Waals surface area contributed by atoms with E-state index in [1.807, 2.05) is 6.92 Å². The van der Waals surface area contributed by atoms with Crippen molar-refractivity contribution in [2.75, 3.05) is 6.61 Å². The fourth-order valence-corrected chi connectivity index (χ4v) is 0.349. The highest BCUT2D eigenvalue weighted by atomic mass is 16.9. The molecule has 0 spiro atoms. The Balaban J connectivity index is 3.20. The first-order chi connectivity index (χ1) is 4.77. The third-order valence-corrected chi connectivity index (χ3v) is 0.742. The van der Waals surface area contributed by atoms with Gasteiger partial charge in [0.25, 0.3) is 5.09 Å². The van der Waals surface area contributed by atoms with E-state index < -0.39 is 5.09 Å². The van der Waals surface area contributed by atoms with Gasteiger partial charge in [-0.3, -0.25) is 0 Å². The van der Waals surface area contributed by atoms with E-state index in [4.69, 9.17) is 0 Å². The Bertz CT molecular complexity index is 156. The fourth-order valence-electron chi connectivity index (χ4n) is 0.349. The van der Waals surface area contributed by atoms with Crippen LogP contribution in [0.25, 0.3) is 0 Å². The van der Waals surface area contributed by atoms with Gasteiger partial charge < -0.3 is 4.84 Å². The summed E-state index contributed by atoms with van der Waals surface area (Å²) in [4.78, 5) is 13.5. The lowest BCUT2D eigenvalue weighted by atomic mass is 10.3. The molecule has 0 aliphatic heterocycles. The molecule has 0 aromatic rings. The number of nitrogens with zero attached hydrogens (tertiary/aromatic N) is 1. The van der Waals surface area contributed by atoms with Crippen LogP contribution in [0.1, 0.15) is 19.8 Å². The van der Waals surface area contributed by atoms with Gasteiger partial charge in [-0.15, -0.1) is 16.0 Å². The van der Waals surface area contributed by atoms with Gasteiger partial charge in [0, 0.05) is 6.42 Å². The number of hydrogen-bond acceptors (Lipinski definition) is 3. The van der Waals surface area contributed by atoms with Gasteiger partial charge >= 0.3 is 0 Å². The molecular weight excluding hydrogens is 134 g/mol. The van der Waals surface area contributed by atoms with Crippen molar-refractivity contribution in [2.24, 2.45) is 0 Å². The van der Waals surface area contributed by atoms with Crippen molar-refractivity contribution in [3.63, 3.8) is 0 Å². The summed E-state index contributed by atoms with van der Waals surface area (Å²) in [7, 11) is 0. The molecule has 0 amide bonds. The normalized spacial score (nSPS) is 7.70. The average molecular weight is 143 g/mol. The summed E-state index contributed by atoms with van der Waals surface area (Å²) in [6.45, 7) is 1.87. The molecule has 4 nitrogen and oxygen atoms in total. The summed E-state index contributed by atoms with van der Waals surface area (Å²) < 4.78 is 0. The molecule has 0 rings (SSSR count). The number of hydrogen-bond donors (Lipinski definition) is 0. The minimum Gasteiger partial charge on any atom is -0.301 e. The van der Waals surface area contributed by atoms with Crippen LogP contribution in [0.5, 0.6) is 0 Å². The van der Waals surface area contributed by atoms with Crippen LogP contribution in [-0.4, -0.2) is 11.7 Å². The highest BCUT2D eigenvalue weighted by molar-refractivity contribution is 4.98. The maximum atomic E-state index is 9.55. The van der Waals surface area contributed by atoms with Gasteiger partial charge in [-0.05, 0) is 6.42 Å². The standard InChI is InChI=1S/C6H9NO3/c1-2-3-4-5-6-10-7(8)9/h2-3,6H2,1H3. The molecule has 0 saturated carbocycles. The molecule has 0 aromatic heterocycles. The molecule has 0 atom stereocenters. The third-order valence-electron chi connectivity index (χ3n) is 0.742. The third kappa shape index (κ3) is 6.76. The van der Waals surface area contributed by atoms with Crippen LogP contribution in [0.15, 0.2) is 0 Å². The van der Waals surface area contributed by atoms with Crippen LogP contribution in [-0.2, 0) is 4.84 Å². The van der Waals surface area contributed by atoms with Crippen molar-refractivity contribution in [1.29, 1.82) is 0 Å². The summed E-state index contributed by atoms with van der Waals surface area (Å²) >= 11 is 0. The molecule has 10 heavy (non-hydrogen) atoms. The van der Waals surface area contributed by atoms with Crippen LogP contribution in [0.4, 0.5) is 0 Å². The summed E-state index contributed by atoms with van der Waals surface area (Å²) in [5, 5.41) is 8.70. The molecule has 56 valence electrons. The van der Waals surface area contributed by atoms with Crippen LogP contribution in [0.3, 0.4) is 0 Å². The molecule has 0 unspecified atom stereocenters. The smallest absolute Gasteiger partial charge is 0.295 e. The molecule has 0 bridgehead atoms. The topological polar surface area (TPSA) is 52.4 Å². The Morgan fingerprint density at radius 2 is 2.30 bits per heavy atom. The first-order valence-corrected chi connectivity index (χ1v) is 3.00. The summed E-state index contributed by atoms with van der Waals surface area (Å²) in [6, 6.07) is 0. The molecule has 0 radical (unpaired) electrons. The van der Waals surface area contributed by atoms with Gasteiger partial charge in [0.05, 0.1) is 0 Å². The molecule has 0 heterocycles. The molecule has 0 N–H and O–H groups in total. The Kier molecular flexibility index (Phi) is 5.16. The zero-order valence-corrected chi connectivity index (χ0v) is 5.79. The first-order valence-electron chi connectivity index (χ1n) is 3.00. The Hall–Kier alpha value is -1.24. The molecule has 0 saturated heterocycles. The van der Waals surface area contributed by atoms with Crippen molar-refractivity contribution in [1.82, 2.24) is 0 Å². The Morgan fingerprint density at radius 1 is 1.60 bits per heavy atom. The van der Waals surface area contributed by atoms with Crippen LogP contribution in [0.2, 0.25) is 0 Å². The maximum absolute atomic E-state index is 9.55. The second kappa shape index (κ2) is 5.89.